The molecule has 262 valence electrons. The summed E-state index contributed by atoms with van der Waals surface area (Å²) in [5, 5.41) is 0. The lowest BCUT2D eigenvalue weighted by molar-refractivity contribution is 0.361. The van der Waals surface area contributed by atoms with Crippen molar-refractivity contribution in [2.45, 2.75) is 76.3 Å². The van der Waals surface area contributed by atoms with Crippen LogP contribution < -0.4 is 9.80 Å². The Bertz CT molecular complexity index is 2290. The summed E-state index contributed by atoms with van der Waals surface area (Å²) in [7, 11) is 0. The number of allylic oxidation sites excluding steroid dienone is 6. The van der Waals surface area contributed by atoms with Crippen molar-refractivity contribution in [2.24, 2.45) is 5.41 Å². The van der Waals surface area contributed by atoms with E-state index in [4.69, 9.17) is 0 Å². The number of hydrogen-bond donors (Lipinski definition) is 0. The molecule has 0 amide bonds. The Morgan fingerprint density at radius 2 is 1.47 bits per heavy atom. The first kappa shape index (κ1) is 32.3. The number of fused-ring (bicyclic) bond motifs is 5. The van der Waals surface area contributed by atoms with Crippen molar-refractivity contribution in [1.82, 2.24) is 0 Å². The third-order valence-corrected chi connectivity index (χ3v) is 13.0. The molecule has 4 atom stereocenters. The average Bonchev–Trinajstić information content (AvgIpc) is 3.67. The minimum Gasteiger partial charge on any atom is -0.338 e. The van der Waals surface area contributed by atoms with Crippen molar-refractivity contribution in [3.8, 4) is 11.1 Å². The van der Waals surface area contributed by atoms with Gasteiger partial charge in [-0.3, -0.25) is 0 Å². The first-order chi connectivity index (χ1) is 26.0. The average molecular weight is 689 g/mol. The van der Waals surface area contributed by atoms with Crippen molar-refractivity contribution in [3.05, 3.63) is 191 Å². The molecule has 0 bridgehead atoms. The third-order valence-electron chi connectivity index (χ3n) is 13.0. The Balaban J connectivity index is 0.982. The van der Waals surface area contributed by atoms with Crippen LogP contribution in [0.2, 0.25) is 0 Å². The highest BCUT2D eigenvalue weighted by Gasteiger charge is 2.44. The zero-order chi connectivity index (χ0) is 35.5. The van der Waals surface area contributed by atoms with Crippen molar-refractivity contribution >= 4 is 22.7 Å². The highest BCUT2D eigenvalue weighted by molar-refractivity contribution is 5.76. The van der Waals surface area contributed by atoms with E-state index in [9.17, 15) is 0 Å². The smallest absolute Gasteiger partial charge is 0.0563 e. The van der Waals surface area contributed by atoms with Gasteiger partial charge in [0.15, 0.2) is 0 Å². The van der Waals surface area contributed by atoms with E-state index < -0.39 is 0 Å². The Morgan fingerprint density at radius 1 is 0.717 bits per heavy atom. The van der Waals surface area contributed by atoms with Crippen LogP contribution in [0, 0.1) is 5.41 Å². The quantitative estimate of drug-likeness (QED) is 0.175. The molecule has 0 N–H and O–H groups in total. The summed E-state index contributed by atoms with van der Waals surface area (Å²) >= 11 is 0. The number of rotatable bonds is 6. The van der Waals surface area contributed by atoms with Gasteiger partial charge in [-0.1, -0.05) is 129 Å². The maximum atomic E-state index is 2.63. The normalized spacial score (nSPS) is 23.8. The van der Waals surface area contributed by atoms with Gasteiger partial charge < -0.3 is 9.80 Å². The van der Waals surface area contributed by atoms with Crippen LogP contribution in [0.15, 0.2) is 180 Å². The van der Waals surface area contributed by atoms with Crippen LogP contribution in [0.4, 0.5) is 22.7 Å². The third kappa shape index (κ3) is 5.45. The maximum Gasteiger partial charge on any atom is 0.0563 e. The lowest BCUT2D eigenvalue weighted by atomic mass is 9.74. The van der Waals surface area contributed by atoms with Gasteiger partial charge in [-0.2, -0.15) is 0 Å². The second-order valence-corrected chi connectivity index (χ2v) is 16.3. The van der Waals surface area contributed by atoms with E-state index >= 15 is 0 Å². The first-order valence-corrected chi connectivity index (χ1v) is 19.9. The van der Waals surface area contributed by atoms with E-state index in [1.807, 2.05) is 0 Å². The number of benzene rings is 5. The molecule has 0 radical (unpaired) electrons. The second kappa shape index (κ2) is 13.0. The van der Waals surface area contributed by atoms with E-state index in [1.54, 1.807) is 5.57 Å². The largest absolute Gasteiger partial charge is 0.338 e. The molecule has 1 fully saturated rings. The molecule has 10 rings (SSSR count). The van der Waals surface area contributed by atoms with Crippen LogP contribution in [-0.4, -0.2) is 12.1 Å². The summed E-state index contributed by atoms with van der Waals surface area (Å²) in [4.78, 5) is 5.24. The van der Waals surface area contributed by atoms with Crippen LogP contribution in [0.5, 0.6) is 0 Å². The minimum atomic E-state index is 0.0198. The van der Waals surface area contributed by atoms with E-state index in [-0.39, 0.29) is 11.5 Å². The summed E-state index contributed by atoms with van der Waals surface area (Å²) in [6.07, 6.45) is 16.9. The van der Waals surface area contributed by atoms with Gasteiger partial charge in [-0.05, 0) is 131 Å². The molecule has 2 nitrogen and oxygen atoms in total. The van der Waals surface area contributed by atoms with Crippen LogP contribution in [0.1, 0.15) is 75.3 Å². The lowest BCUT2D eigenvalue weighted by Crippen LogP contribution is -2.34. The highest BCUT2D eigenvalue weighted by Crippen LogP contribution is 2.56. The van der Waals surface area contributed by atoms with E-state index in [0.717, 1.165) is 19.3 Å². The number of para-hydroxylation sites is 2. The predicted molar refractivity (Wildman–Crippen MR) is 222 cm³/mol. The number of anilines is 4. The van der Waals surface area contributed by atoms with Crippen molar-refractivity contribution in [3.63, 3.8) is 0 Å². The molecule has 4 aliphatic carbocycles. The molecular weight excluding hydrogens is 641 g/mol. The topological polar surface area (TPSA) is 6.48 Å². The standard InChI is InChI=1S/C51H48N2/c1-51(2)47-22-11-9-20-43(47)44-30-29-42(34-48(44)51)52(41-19-13-16-37(32-41)35-14-5-3-6-15-35)40-27-24-36(25-28-40)38-26-31-50-46(33-38)45-21-10-12-23-49(45)53(50)39-17-7-4-8-18-39/h3-8,10-19,21-25,27-28,30,32,34,38,42,46,50H,9,20,26,29,31,33H2,1-2H3. The summed E-state index contributed by atoms with van der Waals surface area (Å²) in [5.41, 5.74) is 16.9. The molecule has 1 heterocycles. The van der Waals surface area contributed by atoms with Crippen LogP contribution in [0.3, 0.4) is 0 Å². The van der Waals surface area contributed by atoms with Gasteiger partial charge in [0.2, 0.25) is 0 Å². The molecule has 4 unspecified atom stereocenters. The Kier molecular flexibility index (Phi) is 7.90. The summed E-state index contributed by atoms with van der Waals surface area (Å²) in [6, 6.07) is 50.7. The van der Waals surface area contributed by atoms with Gasteiger partial charge in [-0.25, -0.2) is 0 Å². The van der Waals surface area contributed by atoms with E-state index in [2.05, 4.69) is 181 Å². The van der Waals surface area contributed by atoms with E-state index in [0.29, 0.717) is 17.9 Å². The predicted octanol–water partition coefficient (Wildman–Crippen LogP) is 13.4. The summed E-state index contributed by atoms with van der Waals surface area (Å²) in [5.74, 6) is 1.09. The molecule has 5 aliphatic rings. The molecule has 0 aromatic heterocycles. The van der Waals surface area contributed by atoms with Crippen LogP contribution >= 0.6 is 0 Å². The SMILES string of the molecule is CC1(C)C2=CC(N(c3ccc(C4CCC5C(C4)c4ccccc4N5c4ccccc4)cc3)c3cccc(-c4ccccc4)c3)CC=C2C2=C1C=CCC2. The molecular formula is C51H48N2. The zero-order valence-electron chi connectivity index (χ0n) is 31.0. The van der Waals surface area contributed by atoms with Crippen LogP contribution in [-0.2, 0) is 0 Å². The molecule has 2 heteroatoms. The number of nitrogens with zero attached hydrogens (tertiary/aromatic N) is 2. The fraction of sp³-hybridized carbons (Fsp3) is 0.255. The minimum absolute atomic E-state index is 0.0198. The first-order valence-electron chi connectivity index (χ1n) is 19.9. The van der Waals surface area contributed by atoms with Gasteiger partial charge in [0.25, 0.3) is 0 Å². The maximum absolute atomic E-state index is 2.63. The molecule has 5 aromatic carbocycles. The summed E-state index contributed by atoms with van der Waals surface area (Å²) < 4.78 is 0. The molecule has 1 saturated carbocycles. The van der Waals surface area contributed by atoms with Gasteiger partial charge in [0.1, 0.15) is 0 Å². The number of hydrogen-bond acceptors (Lipinski definition) is 2. The van der Waals surface area contributed by atoms with Gasteiger partial charge in [0, 0.05) is 40.1 Å². The van der Waals surface area contributed by atoms with E-state index in [1.165, 1.54) is 81.0 Å². The van der Waals surface area contributed by atoms with Crippen molar-refractivity contribution < 1.29 is 0 Å². The lowest BCUT2D eigenvalue weighted by Gasteiger charge is -2.38. The van der Waals surface area contributed by atoms with Crippen LogP contribution in [0.25, 0.3) is 11.1 Å². The molecule has 5 aromatic rings. The van der Waals surface area contributed by atoms with Gasteiger partial charge in [-0.15, -0.1) is 0 Å². The molecule has 0 saturated heterocycles. The Labute approximate surface area is 315 Å². The highest BCUT2D eigenvalue weighted by atomic mass is 15.2. The van der Waals surface area contributed by atoms with Crippen molar-refractivity contribution in [1.29, 1.82) is 0 Å². The summed E-state index contributed by atoms with van der Waals surface area (Å²) in [6.45, 7) is 4.86. The van der Waals surface area contributed by atoms with Gasteiger partial charge in [0.05, 0.1) is 6.04 Å². The van der Waals surface area contributed by atoms with Gasteiger partial charge >= 0.3 is 0 Å². The Morgan fingerprint density at radius 3 is 2.30 bits per heavy atom. The monoisotopic (exact) mass is 688 g/mol. The fourth-order valence-electron chi connectivity index (χ4n) is 10.5. The molecule has 1 aliphatic heterocycles. The molecule has 0 spiro atoms. The fourth-order valence-corrected chi connectivity index (χ4v) is 10.5. The van der Waals surface area contributed by atoms with Crippen molar-refractivity contribution in [2.75, 3.05) is 9.80 Å². The Hall–Kier alpha value is -5.34. The zero-order valence-corrected chi connectivity index (χ0v) is 31.0. The second-order valence-electron chi connectivity index (χ2n) is 16.3. The molecule has 53 heavy (non-hydrogen) atoms.